The Hall–Kier alpha value is -2.25. The van der Waals surface area contributed by atoms with Crippen molar-refractivity contribution in [3.63, 3.8) is 0 Å². The van der Waals surface area contributed by atoms with Crippen LogP contribution in [0.1, 0.15) is 30.1 Å². The van der Waals surface area contributed by atoms with Crippen LogP contribution in [-0.4, -0.2) is 38.2 Å². The summed E-state index contributed by atoms with van der Waals surface area (Å²) in [6.45, 7) is 2.51. The Bertz CT molecular complexity index is 921. The van der Waals surface area contributed by atoms with Crippen LogP contribution in [-0.2, 0) is 10.0 Å². The Kier molecular flexibility index (Phi) is 5.92. The summed E-state index contributed by atoms with van der Waals surface area (Å²) in [5, 5.41) is 0. The third-order valence-electron chi connectivity index (χ3n) is 4.76. The summed E-state index contributed by atoms with van der Waals surface area (Å²) in [5.74, 6) is -0.188. The molecule has 2 aromatic rings. The van der Waals surface area contributed by atoms with E-state index in [2.05, 4.69) is 0 Å². The minimum atomic E-state index is -3.64. The second kappa shape index (κ2) is 8.19. The third kappa shape index (κ3) is 4.54. The molecular weight excluding hydrogens is 369 g/mol. The number of rotatable bonds is 6. The van der Waals surface area contributed by atoms with Gasteiger partial charge in [0.05, 0.1) is 11.5 Å². The third-order valence-corrected chi connectivity index (χ3v) is 6.66. The van der Waals surface area contributed by atoms with Crippen LogP contribution in [0, 0.1) is 11.7 Å². The Morgan fingerprint density at radius 3 is 2.52 bits per heavy atom. The van der Waals surface area contributed by atoms with E-state index in [-0.39, 0.29) is 22.3 Å². The van der Waals surface area contributed by atoms with Crippen LogP contribution in [0.2, 0.25) is 0 Å². The minimum Gasteiger partial charge on any atom is -0.490 e. The van der Waals surface area contributed by atoms with E-state index in [0.717, 1.165) is 0 Å². The standard InChI is InChI=1S/C20H22FNO4S/c1-15(23)17-5-4-6-18(13-17)27(24,25)22-11-9-16(10-12-22)14-26-20-8-3-2-7-19(20)21/h2-8,13,16H,9-12,14H2,1H3. The van der Waals surface area contributed by atoms with Crippen LogP contribution >= 0.6 is 0 Å². The maximum atomic E-state index is 13.6. The molecule has 0 atom stereocenters. The number of piperidine rings is 1. The molecule has 0 saturated carbocycles. The van der Waals surface area contributed by atoms with Crippen LogP contribution in [0.4, 0.5) is 4.39 Å². The number of carbonyl (C=O) groups is 1. The number of hydrogen-bond donors (Lipinski definition) is 0. The zero-order valence-corrected chi connectivity index (χ0v) is 15.9. The van der Waals surface area contributed by atoms with E-state index >= 15 is 0 Å². The summed E-state index contributed by atoms with van der Waals surface area (Å²) >= 11 is 0. The molecule has 7 heteroatoms. The molecule has 0 bridgehead atoms. The van der Waals surface area contributed by atoms with Gasteiger partial charge in [-0.05, 0) is 49.9 Å². The molecule has 0 radical (unpaired) electrons. The molecule has 1 aliphatic rings. The molecular formula is C20H22FNO4S. The Labute approximate surface area is 158 Å². The SMILES string of the molecule is CC(=O)c1cccc(S(=O)(=O)N2CCC(COc3ccccc3F)CC2)c1. The van der Waals surface area contributed by atoms with Crippen molar-refractivity contribution in [3.05, 3.63) is 59.9 Å². The van der Waals surface area contributed by atoms with Crippen molar-refractivity contribution < 1.29 is 22.3 Å². The van der Waals surface area contributed by atoms with Crippen LogP contribution in [0.25, 0.3) is 0 Å². The molecule has 1 fully saturated rings. The van der Waals surface area contributed by atoms with Gasteiger partial charge in [-0.25, -0.2) is 12.8 Å². The van der Waals surface area contributed by atoms with E-state index in [1.807, 2.05) is 0 Å². The highest BCUT2D eigenvalue weighted by molar-refractivity contribution is 7.89. The quantitative estimate of drug-likeness (QED) is 0.707. The topological polar surface area (TPSA) is 63.7 Å². The first-order valence-corrected chi connectivity index (χ1v) is 10.3. The average Bonchev–Trinajstić information content (AvgIpc) is 2.68. The molecule has 0 amide bonds. The largest absolute Gasteiger partial charge is 0.490 e. The molecule has 0 N–H and O–H groups in total. The number of carbonyl (C=O) groups excluding carboxylic acids is 1. The van der Waals surface area contributed by atoms with Gasteiger partial charge in [0.2, 0.25) is 10.0 Å². The lowest BCUT2D eigenvalue weighted by Gasteiger charge is -2.31. The summed E-state index contributed by atoms with van der Waals surface area (Å²) in [6.07, 6.45) is 1.28. The van der Waals surface area contributed by atoms with E-state index in [1.54, 1.807) is 30.3 Å². The predicted octanol–water partition coefficient (Wildman–Crippen LogP) is 3.51. The molecule has 1 heterocycles. The van der Waals surface area contributed by atoms with E-state index < -0.39 is 15.8 Å². The number of Topliss-reactive ketones (excluding diaryl/α,β-unsaturated/α-hetero) is 1. The van der Waals surface area contributed by atoms with Gasteiger partial charge in [-0.15, -0.1) is 0 Å². The normalized spacial score (nSPS) is 16.2. The molecule has 0 unspecified atom stereocenters. The van der Waals surface area contributed by atoms with Crippen molar-refractivity contribution in [3.8, 4) is 5.75 Å². The van der Waals surface area contributed by atoms with Crippen molar-refractivity contribution >= 4 is 15.8 Å². The van der Waals surface area contributed by atoms with Gasteiger partial charge in [0.15, 0.2) is 17.3 Å². The van der Waals surface area contributed by atoms with Gasteiger partial charge < -0.3 is 4.74 Å². The smallest absolute Gasteiger partial charge is 0.243 e. The number of halogens is 1. The van der Waals surface area contributed by atoms with Crippen molar-refractivity contribution in [2.45, 2.75) is 24.7 Å². The predicted molar refractivity (Wildman–Crippen MR) is 99.8 cm³/mol. The van der Waals surface area contributed by atoms with Gasteiger partial charge in [-0.1, -0.05) is 24.3 Å². The van der Waals surface area contributed by atoms with Gasteiger partial charge in [0.25, 0.3) is 0 Å². The van der Waals surface area contributed by atoms with Crippen LogP contribution in [0.5, 0.6) is 5.75 Å². The molecule has 27 heavy (non-hydrogen) atoms. The molecule has 1 saturated heterocycles. The first kappa shape index (κ1) is 19.5. The van der Waals surface area contributed by atoms with Gasteiger partial charge >= 0.3 is 0 Å². The van der Waals surface area contributed by atoms with E-state index in [0.29, 0.717) is 38.1 Å². The second-order valence-corrected chi connectivity index (χ2v) is 8.61. The van der Waals surface area contributed by atoms with E-state index in [4.69, 9.17) is 4.74 Å². The molecule has 5 nitrogen and oxygen atoms in total. The Balaban J connectivity index is 1.60. The average molecular weight is 391 g/mol. The number of sulfonamides is 1. The highest BCUT2D eigenvalue weighted by Crippen LogP contribution is 2.25. The van der Waals surface area contributed by atoms with Crippen LogP contribution in [0.15, 0.2) is 53.4 Å². The summed E-state index contributed by atoms with van der Waals surface area (Å²) in [7, 11) is -3.64. The number of hydrogen-bond acceptors (Lipinski definition) is 4. The highest BCUT2D eigenvalue weighted by Gasteiger charge is 2.30. The lowest BCUT2D eigenvalue weighted by atomic mass is 9.99. The number of benzene rings is 2. The molecule has 144 valence electrons. The fourth-order valence-electron chi connectivity index (χ4n) is 3.11. The first-order chi connectivity index (χ1) is 12.9. The van der Waals surface area contributed by atoms with Crippen molar-refractivity contribution in [1.82, 2.24) is 4.31 Å². The Morgan fingerprint density at radius 2 is 1.85 bits per heavy atom. The lowest BCUT2D eigenvalue weighted by Crippen LogP contribution is -2.39. The maximum absolute atomic E-state index is 13.6. The van der Waals surface area contributed by atoms with Gasteiger partial charge in [0.1, 0.15) is 0 Å². The number of ether oxygens (including phenoxy) is 1. The number of para-hydroxylation sites is 1. The van der Waals surface area contributed by atoms with E-state index in [9.17, 15) is 17.6 Å². The molecule has 0 aromatic heterocycles. The van der Waals surface area contributed by atoms with Gasteiger partial charge in [0, 0.05) is 18.7 Å². The lowest BCUT2D eigenvalue weighted by molar-refractivity contribution is 0.101. The number of ketones is 1. The fourth-order valence-corrected chi connectivity index (χ4v) is 4.63. The maximum Gasteiger partial charge on any atom is 0.243 e. The van der Waals surface area contributed by atoms with Crippen LogP contribution < -0.4 is 4.74 Å². The fraction of sp³-hybridized carbons (Fsp3) is 0.350. The zero-order chi connectivity index (χ0) is 19.4. The van der Waals surface area contributed by atoms with Crippen molar-refractivity contribution in [2.75, 3.05) is 19.7 Å². The molecule has 1 aliphatic heterocycles. The second-order valence-electron chi connectivity index (χ2n) is 6.67. The highest BCUT2D eigenvalue weighted by atomic mass is 32.2. The summed E-state index contributed by atoms with van der Waals surface area (Å²) < 4.78 is 46.2. The first-order valence-electron chi connectivity index (χ1n) is 8.86. The summed E-state index contributed by atoms with van der Waals surface area (Å²) in [6, 6.07) is 12.4. The Morgan fingerprint density at radius 1 is 1.15 bits per heavy atom. The molecule has 2 aromatic carbocycles. The van der Waals surface area contributed by atoms with Crippen molar-refractivity contribution in [2.24, 2.45) is 5.92 Å². The van der Waals surface area contributed by atoms with Crippen molar-refractivity contribution in [1.29, 1.82) is 0 Å². The summed E-state index contributed by atoms with van der Waals surface area (Å²) in [4.78, 5) is 11.6. The monoisotopic (exact) mass is 391 g/mol. The number of nitrogens with zero attached hydrogens (tertiary/aromatic N) is 1. The van der Waals surface area contributed by atoms with E-state index in [1.165, 1.54) is 29.4 Å². The minimum absolute atomic E-state index is 0.135. The molecule has 0 spiro atoms. The summed E-state index contributed by atoms with van der Waals surface area (Å²) in [5.41, 5.74) is 0.379. The molecule has 3 rings (SSSR count). The van der Waals surface area contributed by atoms with Gasteiger partial charge in [-0.3, -0.25) is 4.79 Å². The van der Waals surface area contributed by atoms with Gasteiger partial charge in [-0.2, -0.15) is 4.31 Å². The zero-order valence-electron chi connectivity index (χ0n) is 15.1. The molecule has 0 aliphatic carbocycles. The van der Waals surface area contributed by atoms with Crippen LogP contribution in [0.3, 0.4) is 0 Å².